The molecule has 0 aliphatic carbocycles. The molecule has 0 aliphatic heterocycles. The van der Waals surface area contributed by atoms with Crippen LogP contribution >= 0.6 is 0 Å². The van der Waals surface area contributed by atoms with Crippen molar-refractivity contribution in [2.24, 2.45) is 22.2 Å². The summed E-state index contributed by atoms with van der Waals surface area (Å²) < 4.78 is 0. The normalized spacial score (nSPS) is 14.5. The van der Waals surface area contributed by atoms with Crippen molar-refractivity contribution >= 4 is 46.5 Å². The first-order valence-electron chi connectivity index (χ1n) is 13.2. The number of aromatic amines is 1. The third-order valence-electron chi connectivity index (χ3n) is 6.39. The Morgan fingerprint density at radius 3 is 2.17 bits per heavy atom. The van der Waals surface area contributed by atoms with Gasteiger partial charge in [0.05, 0.1) is 6.10 Å². The molecule has 1 heterocycles. The molecule has 5 atom stereocenters. The number of nitrogens with one attached hydrogen (secondary N) is 4. The van der Waals surface area contributed by atoms with Crippen LogP contribution in [0, 0.1) is 0 Å². The van der Waals surface area contributed by atoms with Gasteiger partial charge in [0, 0.05) is 36.5 Å². The SMILES string of the molecule is CC(O)C(N)C(=O)NC(CCC(=O)O)C(=O)NC(Cc1c[nH]c2ccccc12)C(=O)NC(CCCN=C(N)N)C(=O)O. The molecule has 0 radical (unpaired) electrons. The molecule has 3 amide bonds. The number of benzene rings is 1. The molecule has 5 unspecified atom stereocenters. The minimum Gasteiger partial charge on any atom is -0.481 e. The van der Waals surface area contributed by atoms with E-state index in [1.165, 1.54) is 6.92 Å². The van der Waals surface area contributed by atoms with Crippen LogP contribution in [-0.2, 0) is 30.4 Å². The number of nitrogens with zero attached hydrogens (tertiary/aromatic N) is 1. The minimum absolute atomic E-state index is 0.0138. The zero-order valence-corrected chi connectivity index (χ0v) is 23.1. The Hall–Kier alpha value is -4.70. The fraction of sp³-hybridized carbons (Fsp3) is 0.462. The summed E-state index contributed by atoms with van der Waals surface area (Å²) in [6.45, 7) is 1.41. The fourth-order valence-corrected chi connectivity index (χ4v) is 4.06. The molecule has 42 heavy (non-hydrogen) atoms. The molecule has 1 aromatic heterocycles. The van der Waals surface area contributed by atoms with Crippen LogP contribution in [0.5, 0.6) is 0 Å². The first kappa shape index (κ1) is 33.5. The van der Waals surface area contributed by atoms with Crippen LogP contribution in [0.15, 0.2) is 35.5 Å². The van der Waals surface area contributed by atoms with Crippen LogP contribution in [-0.4, -0.2) is 92.7 Å². The van der Waals surface area contributed by atoms with Gasteiger partial charge < -0.3 is 53.5 Å². The highest BCUT2D eigenvalue weighted by molar-refractivity contribution is 5.95. The monoisotopic (exact) mass is 590 g/mol. The molecule has 16 nitrogen and oxygen atoms in total. The van der Waals surface area contributed by atoms with Gasteiger partial charge in [-0.3, -0.25) is 24.2 Å². The number of amides is 3. The standard InChI is InChI=1S/C26H38N8O8/c1-13(35)21(27)24(40)32-17(8-9-20(36)37)22(38)34-19(11-14-12-31-16-6-3-2-5-15(14)16)23(39)33-18(25(41)42)7-4-10-30-26(28)29/h2-3,5-6,12-13,17-19,21,31,35H,4,7-11,27H2,1H3,(H,32,40)(H,33,39)(H,34,38)(H,36,37)(H,41,42)(H4,28,29,30). The number of aliphatic imine (C=N–C) groups is 1. The Bertz CT molecular complexity index is 1290. The maximum absolute atomic E-state index is 13.4. The summed E-state index contributed by atoms with van der Waals surface area (Å²) >= 11 is 0. The summed E-state index contributed by atoms with van der Waals surface area (Å²) in [4.78, 5) is 69.1. The molecule has 0 saturated carbocycles. The molecular weight excluding hydrogens is 552 g/mol. The number of aliphatic hydroxyl groups is 1. The number of aliphatic carboxylic acids is 2. The Morgan fingerprint density at radius 2 is 1.55 bits per heavy atom. The first-order chi connectivity index (χ1) is 19.8. The second kappa shape index (κ2) is 15.9. The van der Waals surface area contributed by atoms with Gasteiger partial charge in [0.25, 0.3) is 0 Å². The zero-order valence-electron chi connectivity index (χ0n) is 23.1. The van der Waals surface area contributed by atoms with Crippen molar-refractivity contribution in [1.82, 2.24) is 20.9 Å². The van der Waals surface area contributed by atoms with Crippen LogP contribution in [0.3, 0.4) is 0 Å². The van der Waals surface area contributed by atoms with E-state index in [0.717, 1.165) is 10.9 Å². The van der Waals surface area contributed by atoms with E-state index in [2.05, 4.69) is 25.9 Å². The highest BCUT2D eigenvalue weighted by Gasteiger charge is 2.31. The van der Waals surface area contributed by atoms with Crippen molar-refractivity contribution in [3.05, 3.63) is 36.0 Å². The molecule has 0 fully saturated rings. The quantitative estimate of drug-likeness (QED) is 0.0539. The predicted octanol–water partition coefficient (Wildman–Crippen LogP) is -2.12. The molecule has 2 aromatic rings. The number of fused-ring (bicyclic) bond motifs is 1. The number of guanidine groups is 1. The average Bonchev–Trinajstić information content (AvgIpc) is 3.33. The average molecular weight is 591 g/mol. The number of carbonyl (C=O) groups excluding carboxylic acids is 3. The van der Waals surface area contributed by atoms with E-state index >= 15 is 0 Å². The minimum atomic E-state index is -1.42. The summed E-state index contributed by atoms with van der Waals surface area (Å²) in [7, 11) is 0. The van der Waals surface area contributed by atoms with Gasteiger partial charge >= 0.3 is 11.9 Å². The summed E-state index contributed by atoms with van der Waals surface area (Å²) in [5.41, 5.74) is 17.6. The Kier molecular flexibility index (Phi) is 12.7. The van der Waals surface area contributed by atoms with Crippen molar-refractivity contribution < 1.29 is 39.3 Å². The topological polar surface area (TPSA) is 288 Å². The first-order valence-corrected chi connectivity index (χ1v) is 13.2. The van der Waals surface area contributed by atoms with E-state index < -0.39 is 66.4 Å². The number of carbonyl (C=O) groups is 5. The largest absolute Gasteiger partial charge is 0.481 e. The number of carboxylic acids is 2. The molecule has 1 aromatic carbocycles. The number of para-hydroxylation sites is 1. The van der Waals surface area contributed by atoms with Crippen molar-refractivity contribution in [2.45, 2.75) is 69.3 Å². The summed E-state index contributed by atoms with van der Waals surface area (Å²) in [6.07, 6.45) is -0.307. The van der Waals surface area contributed by atoms with E-state index in [0.29, 0.717) is 5.56 Å². The lowest BCUT2D eigenvalue weighted by molar-refractivity contribution is -0.142. The van der Waals surface area contributed by atoms with Crippen LogP contribution in [0.1, 0.15) is 38.2 Å². The van der Waals surface area contributed by atoms with Crippen LogP contribution in [0.2, 0.25) is 0 Å². The lowest BCUT2D eigenvalue weighted by atomic mass is 10.0. The van der Waals surface area contributed by atoms with Crippen molar-refractivity contribution in [3.63, 3.8) is 0 Å². The summed E-state index contributed by atoms with van der Waals surface area (Å²) in [5, 5.41) is 36.5. The molecule has 0 spiro atoms. The van der Waals surface area contributed by atoms with E-state index in [1.54, 1.807) is 18.3 Å². The Morgan fingerprint density at radius 1 is 0.929 bits per heavy atom. The van der Waals surface area contributed by atoms with E-state index in [-0.39, 0.29) is 38.2 Å². The van der Waals surface area contributed by atoms with Crippen molar-refractivity contribution in [3.8, 4) is 0 Å². The number of rotatable bonds is 17. The molecule has 0 saturated heterocycles. The third-order valence-corrected chi connectivity index (χ3v) is 6.39. The third kappa shape index (κ3) is 10.4. The van der Waals surface area contributed by atoms with Crippen LogP contribution in [0.4, 0.5) is 0 Å². The summed E-state index contributed by atoms with van der Waals surface area (Å²) in [6, 6.07) is 1.72. The molecule has 0 aliphatic rings. The maximum atomic E-state index is 13.4. The smallest absolute Gasteiger partial charge is 0.326 e. The lowest BCUT2D eigenvalue weighted by Gasteiger charge is -2.25. The number of carboxylic acid groups (broad SMARTS) is 2. The molecule has 230 valence electrons. The fourth-order valence-electron chi connectivity index (χ4n) is 4.06. The van der Waals surface area contributed by atoms with Gasteiger partial charge in [0.1, 0.15) is 24.2 Å². The van der Waals surface area contributed by atoms with Crippen LogP contribution in [0.25, 0.3) is 10.9 Å². The van der Waals surface area contributed by atoms with Crippen LogP contribution < -0.4 is 33.2 Å². The molecule has 0 bridgehead atoms. The number of aromatic nitrogens is 1. The lowest BCUT2D eigenvalue weighted by Crippen LogP contribution is -2.58. The number of H-pyrrole nitrogens is 1. The van der Waals surface area contributed by atoms with E-state index in [9.17, 15) is 34.2 Å². The number of nitrogens with two attached hydrogens (primary N) is 3. The van der Waals surface area contributed by atoms with Crippen molar-refractivity contribution in [1.29, 1.82) is 0 Å². The Balaban J connectivity index is 2.32. The second-order valence-corrected chi connectivity index (χ2v) is 9.73. The molecular formula is C26H38N8O8. The van der Waals surface area contributed by atoms with Gasteiger partial charge in [-0.25, -0.2) is 4.79 Å². The summed E-state index contributed by atoms with van der Waals surface area (Å²) in [5.74, 6) is -5.34. The Labute approximate surface area is 241 Å². The maximum Gasteiger partial charge on any atom is 0.326 e. The van der Waals surface area contributed by atoms with Gasteiger partial charge in [-0.1, -0.05) is 18.2 Å². The van der Waals surface area contributed by atoms with E-state index in [1.807, 2.05) is 12.1 Å². The highest BCUT2D eigenvalue weighted by atomic mass is 16.4. The van der Waals surface area contributed by atoms with Gasteiger partial charge in [0.15, 0.2) is 5.96 Å². The number of aliphatic hydroxyl groups excluding tert-OH is 1. The van der Waals surface area contributed by atoms with Gasteiger partial charge in [-0.2, -0.15) is 0 Å². The second-order valence-electron chi connectivity index (χ2n) is 9.73. The number of hydrogen-bond acceptors (Lipinski definition) is 8. The molecule has 13 N–H and O–H groups in total. The predicted molar refractivity (Wildman–Crippen MR) is 152 cm³/mol. The van der Waals surface area contributed by atoms with Gasteiger partial charge in [-0.15, -0.1) is 0 Å². The van der Waals surface area contributed by atoms with Gasteiger partial charge in [-0.05, 0) is 37.8 Å². The van der Waals surface area contributed by atoms with Crippen molar-refractivity contribution in [2.75, 3.05) is 6.54 Å². The number of hydrogen-bond donors (Lipinski definition) is 10. The molecule has 16 heteroatoms. The molecule has 2 rings (SSSR count). The van der Waals surface area contributed by atoms with E-state index in [4.69, 9.17) is 22.3 Å². The highest BCUT2D eigenvalue weighted by Crippen LogP contribution is 2.19. The van der Waals surface area contributed by atoms with Gasteiger partial charge in [0.2, 0.25) is 17.7 Å². The zero-order chi connectivity index (χ0) is 31.4.